The highest BCUT2D eigenvalue weighted by molar-refractivity contribution is 9.12. The Labute approximate surface area is 97.8 Å². The van der Waals surface area contributed by atoms with Crippen molar-refractivity contribution in [3.05, 3.63) is 12.2 Å². The number of carbonyl (C=O) groups excluding carboxylic acids is 1. The predicted octanol–water partition coefficient (Wildman–Crippen LogP) is 1.62. The van der Waals surface area contributed by atoms with Crippen molar-refractivity contribution >= 4 is 21.8 Å². The summed E-state index contributed by atoms with van der Waals surface area (Å²) in [5, 5.41) is 0. The van der Waals surface area contributed by atoms with Gasteiger partial charge in [-0.25, -0.2) is 0 Å². The van der Waals surface area contributed by atoms with E-state index in [-0.39, 0.29) is 5.91 Å². The molecule has 1 saturated carbocycles. The maximum atomic E-state index is 11.6. The summed E-state index contributed by atoms with van der Waals surface area (Å²) in [6.07, 6.45) is 6.01. The first kappa shape index (κ1) is 9.47. The van der Waals surface area contributed by atoms with E-state index in [0.717, 1.165) is 24.9 Å². The lowest BCUT2D eigenvalue weighted by Gasteiger charge is -2.17. The molecule has 15 heavy (non-hydrogen) atoms. The van der Waals surface area contributed by atoms with Gasteiger partial charge in [-0.15, -0.1) is 0 Å². The second kappa shape index (κ2) is 3.38. The van der Waals surface area contributed by atoms with Gasteiger partial charge in [0.1, 0.15) is 0 Å². The van der Waals surface area contributed by atoms with Gasteiger partial charge in [-0.2, -0.15) is 0 Å². The molecule has 0 aromatic carbocycles. The molecule has 0 N–H and O–H groups in total. The zero-order chi connectivity index (χ0) is 10.4. The highest BCUT2D eigenvalue weighted by atomic mass is 79.9. The largest absolute Gasteiger partial charge is 0.331 e. The minimum absolute atomic E-state index is 0.0272. The van der Waals surface area contributed by atoms with E-state index in [2.05, 4.69) is 38.8 Å². The number of halogens is 1. The van der Waals surface area contributed by atoms with Crippen molar-refractivity contribution in [3.8, 4) is 10.8 Å². The van der Waals surface area contributed by atoms with E-state index in [4.69, 9.17) is 0 Å². The lowest BCUT2D eigenvalue weighted by molar-refractivity contribution is -0.124. The van der Waals surface area contributed by atoms with Crippen LogP contribution >= 0.6 is 15.9 Å². The van der Waals surface area contributed by atoms with Crippen molar-refractivity contribution in [2.75, 3.05) is 13.1 Å². The molecular formula is C12H12BrNO. The molecule has 2 fully saturated rings. The van der Waals surface area contributed by atoms with E-state index in [0.29, 0.717) is 11.8 Å². The monoisotopic (exact) mass is 265 g/mol. The van der Waals surface area contributed by atoms with Crippen LogP contribution in [-0.2, 0) is 4.79 Å². The number of likely N-dealkylation sites (tertiary alicyclic amines) is 1. The van der Waals surface area contributed by atoms with Crippen LogP contribution < -0.4 is 0 Å². The van der Waals surface area contributed by atoms with Crippen molar-refractivity contribution in [1.82, 2.24) is 4.90 Å². The van der Waals surface area contributed by atoms with Crippen LogP contribution in [0.5, 0.6) is 0 Å². The van der Waals surface area contributed by atoms with E-state index in [1.807, 2.05) is 4.90 Å². The quantitative estimate of drug-likeness (QED) is 0.482. The average molecular weight is 266 g/mol. The Bertz CT molecular complexity index is 372. The van der Waals surface area contributed by atoms with Gasteiger partial charge in [0.05, 0.1) is 0 Å². The summed E-state index contributed by atoms with van der Waals surface area (Å²) in [6.45, 7) is 1.83. The van der Waals surface area contributed by atoms with Crippen LogP contribution in [-0.4, -0.2) is 23.9 Å². The Kier molecular flexibility index (Phi) is 2.14. The molecule has 2 unspecified atom stereocenters. The summed E-state index contributed by atoms with van der Waals surface area (Å²) < 4.78 is 0. The Morgan fingerprint density at radius 2 is 1.87 bits per heavy atom. The lowest BCUT2D eigenvalue weighted by atomic mass is 9.86. The van der Waals surface area contributed by atoms with Crippen LogP contribution in [0.4, 0.5) is 0 Å². The van der Waals surface area contributed by atoms with Crippen LogP contribution in [0, 0.1) is 34.4 Å². The number of hydrogen-bond acceptors (Lipinski definition) is 1. The van der Waals surface area contributed by atoms with Crippen LogP contribution in [0.1, 0.15) is 6.42 Å². The standard InChI is InChI=1S/C12H12BrNO/c13-4-3-12(15)14-6-10-8-1-2-9(5-8)11(10)7-14/h1-2,8-11H,5-7H2/t8?,9?,10-,11+. The molecule has 0 spiro atoms. The number of carbonyl (C=O) groups is 1. The smallest absolute Gasteiger partial charge is 0.299 e. The molecule has 3 rings (SSSR count). The van der Waals surface area contributed by atoms with Crippen LogP contribution in [0.15, 0.2) is 12.2 Å². The van der Waals surface area contributed by atoms with E-state index < -0.39 is 0 Å². The van der Waals surface area contributed by atoms with Gasteiger partial charge in [0, 0.05) is 34.9 Å². The van der Waals surface area contributed by atoms with Crippen molar-refractivity contribution in [1.29, 1.82) is 0 Å². The summed E-state index contributed by atoms with van der Waals surface area (Å²) in [5.74, 6) is 5.41. The fraction of sp³-hybridized carbons (Fsp3) is 0.583. The van der Waals surface area contributed by atoms with Gasteiger partial charge in [0.2, 0.25) is 0 Å². The van der Waals surface area contributed by atoms with Gasteiger partial charge in [-0.05, 0) is 34.9 Å². The first-order chi connectivity index (χ1) is 7.29. The normalized spacial score (nSPS) is 40.2. The highest BCUT2D eigenvalue weighted by Gasteiger charge is 2.49. The van der Waals surface area contributed by atoms with E-state index >= 15 is 0 Å². The third kappa shape index (κ3) is 1.35. The zero-order valence-electron chi connectivity index (χ0n) is 8.32. The molecule has 0 radical (unpaired) electrons. The van der Waals surface area contributed by atoms with E-state index in [1.54, 1.807) is 0 Å². The summed E-state index contributed by atoms with van der Waals surface area (Å²) in [5.41, 5.74) is 0. The van der Waals surface area contributed by atoms with Crippen LogP contribution in [0.3, 0.4) is 0 Å². The topological polar surface area (TPSA) is 20.3 Å². The zero-order valence-corrected chi connectivity index (χ0v) is 9.90. The van der Waals surface area contributed by atoms with Gasteiger partial charge in [-0.1, -0.05) is 12.2 Å². The first-order valence-corrected chi connectivity index (χ1v) is 6.18. The van der Waals surface area contributed by atoms with E-state index in [9.17, 15) is 4.79 Å². The molecule has 3 aliphatic rings. The SMILES string of the molecule is O=C(C#CBr)N1C[C@@H]2C3C=CC(C3)[C@@H]2C1. The van der Waals surface area contributed by atoms with Crippen LogP contribution in [0.2, 0.25) is 0 Å². The molecule has 1 amide bonds. The minimum Gasteiger partial charge on any atom is -0.331 e. The fourth-order valence-corrected chi connectivity index (χ4v) is 3.61. The number of rotatable bonds is 0. The number of fused-ring (bicyclic) bond motifs is 5. The number of amides is 1. The van der Waals surface area contributed by atoms with Gasteiger partial charge in [-0.3, -0.25) is 4.79 Å². The Morgan fingerprint density at radius 3 is 2.40 bits per heavy atom. The Hall–Kier alpha value is -0.750. The lowest BCUT2D eigenvalue weighted by Crippen LogP contribution is -2.28. The maximum absolute atomic E-state index is 11.6. The minimum atomic E-state index is -0.0272. The molecule has 4 atom stereocenters. The summed E-state index contributed by atoms with van der Waals surface area (Å²) in [6, 6.07) is 0. The first-order valence-electron chi connectivity index (χ1n) is 5.38. The van der Waals surface area contributed by atoms with Crippen molar-refractivity contribution in [2.45, 2.75) is 6.42 Å². The molecule has 0 aromatic rings. The molecule has 2 aliphatic carbocycles. The fourth-order valence-electron chi connectivity index (χ4n) is 3.44. The number of nitrogens with zero attached hydrogens (tertiary/aromatic N) is 1. The summed E-state index contributed by atoms with van der Waals surface area (Å²) in [4.78, 5) is 16.0. The van der Waals surface area contributed by atoms with Crippen molar-refractivity contribution in [2.24, 2.45) is 23.7 Å². The molecule has 2 nitrogen and oxygen atoms in total. The third-order valence-corrected chi connectivity index (χ3v) is 4.30. The van der Waals surface area contributed by atoms with Gasteiger partial charge in [0.25, 0.3) is 5.91 Å². The van der Waals surface area contributed by atoms with Gasteiger partial charge in [0.15, 0.2) is 0 Å². The van der Waals surface area contributed by atoms with Crippen molar-refractivity contribution < 1.29 is 4.79 Å². The third-order valence-electron chi connectivity index (χ3n) is 4.10. The predicted molar refractivity (Wildman–Crippen MR) is 61.0 cm³/mol. The summed E-state index contributed by atoms with van der Waals surface area (Å²) in [7, 11) is 0. The molecule has 1 aliphatic heterocycles. The Balaban J connectivity index is 1.75. The average Bonchev–Trinajstić information content (AvgIpc) is 2.90. The van der Waals surface area contributed by atoms with Crippen molar-refractivity contribution in [3.63, 3.8) is 0 Å². The molecule has 1 heterocycles. The number of allylic oxidation sites excluding steroid dienone is 2. The number of hydrogen-bond donors (Lipinski definition) is 0. The van der Waals surface area contributed by atoms with Crippen LogP contribution in [0.25, 0.3) is 0 Å². The van der Waals surface area contributed by atoms with E-state index in [1.165, 1.54) is 6.42 Å². The molecule has 1 saturated heterocycles. The molecule has 2 bridgehead atoms. The second-order valence-electron chi connectivity index (χ2n) is 4.71. The summed E-state index contributed by atoms with van der Waals surface area (Å²) >= 11 is 2.97. The second-order valence-corrected chi connectivity index (χ2v) is 5.10. The Morgan fingerprint density at radius 1 is 1.27 bits per heavy atom. The molecule has 0 aromatic heterocycles. The van der Waals surface area contributed by atoms with Gasteiger partial charge < -0.3 is 4.90 Å². The highest BCUT2D eigenvalue weighted by Crippen LogP contribution is 2.51. The molecule has 3 heteroatoms. The maximum Gasteiger partial charge on any atom is 0.299 e. The molecule has 78 valence electrons. The van der Waals surface area contributed by atoms with Gasteiger partial charge >= 0.3 is 0 Å². The molecular weight excluding hydrogens is 254 g/mol.